The van der Waals surface area contributed by atoms with Gasteiger partial charge in [-0.15, -0.1) is 11.8 Å². The quantitative estimate of drug-likeness (QED) is 0.527. The van der Waals surface area contributed by atoms with E-state index in [0.717, 1.165) is 4.90 Å². The summed E-state index contributed by atoms with van der Waals surface area (Å²) in [6.45, 7) is -0.355. The van der Waals surface area contributed by atoms with Crippen molar-refractivity contribution < 1.29 is 23.9 Å². The lowest BCUT2D eigenvalue weighted by Gasteiger charge is -2.35. The number of ether oxygens (including phenoxy) is 2. The van der Waals surface area contributed by atoms with Gasteiger partial charge in [-0.1, -0.05) is 54.6 Å². The highest BCUT2D eigenvalue weighted by atomic mass is 32.2. The van der Waals surface area contributed by atoms with Gasteiger partial charge < -0.3 is 9.47 Å². The minimum atomic E-state index is -1.16. The van der Waals surface area contributed by atoms with Crippen LogP contribution < -0.4 is 0 Å². The van der Waals surface area contributed by atoms with Crippen molar-refractivity contribution in [2.45, 2.75) is 4.90 Å². The second-order valence-electron chi connectivity index (χ2n) is 7.28. The molecule has 4 rings (SSSR count). The van der Waals surface area contributed by atoms with Crippen LogP contribution >= 0.6 is 11.8 Å². The predicted octanol–water partition coefficient (Wildman–Crippen LogP) is 4.68. The third-order valence-electron chi connectivity index (χ3n) is 5.10. The van der Waals surface area contributed by atoms with E-state index in [-0.39, 0.29) is 19.0 Å². The zero-order chi connectivity index (χ0) is 21.7. The number of Topliss-reactive ketones (excluding diaryl/α,β-unsaturated/α-hetero) is 1. The molecule has 1 aliphatic heterocycles. The molecule has 156 valence electrons. The summed E-state index contributed by atoms with van der Waals surface area (Å²) in [4.78, 5) is 39.3. The van der Waals surface area contributed by atoms with Crippen molar-refractivity contribution in [3.63, 3.8) is 0 Å². The van der Waals surface area contributed by atoms with Crippen molar-refractivity contribution in [3.8, 4) is 0 Å². The number of rotatable bonds is 6. The van der Waals surface area contributed by atoms with Gasteiger partial charge in [0, 0.05) is 16.2 Å². The molecule has 5 nitrogen and oxygen atoms in total. The van der Waals surface area contributed by atoms with Crippen molar-refractivity contribution in [1.82, 2.24) is 0 Å². The van der Waals surface area contributed by atoms with Gasteiger partial charge in [0.2, 0.25) is 0 Å². The Hall–Kier alpha value is -3.38. The maximum atomic E-state index is 13.4. The molecule has 0 N–H and O–H groups in total. The van der Waals surface area contributed by atoms with Gasteiger partial charge in [0.05, 0.1) is 11.1 Å². The maximum Gasteiger partial charge on any atom is 0.338 e. The zero-order valence-electron chi connectivity index (χ0n) is 16.7. The molecule has 3 aromatic rings. The number of hydrogen-bond donors (Lipinski definition) is 0. The maximum absolute atomic E-state index is 13.4. The SMILES string of the molecule is O=C(OCC1(COC(=O)c2ccccc2)CSc2ccccc2C1=O)c1ccccc1. The highest BCUT2D eigenvalue weighted by Gasteiger charge is 2.45. The third kappa shape index (κ3) is 4.54. The van der Waals surface area contributed by atoms with Gasteiger partial charge in [0.1, 0.15) is 18.6 Å². The third-order valence-corrected chi connectivity index (χ3v) is 6.46. The van der Waals surface area contributed by atoms with Crippen LogP contribution in [0.1, 0.15) is 31.1 Å². The minimum Gasteiger partial charge on any atom is -0.461 e. The summed E-state index contributed by atoms with van der Waals surface area (Å²) in [6.07, 6.45) is 0. The van der Waals surface area contributed by atoms with Crippen LogP contribution in [-0.2, 0) is 9.47 Å². The van der Waals surface area contributed by atoms with Crippen molar-refractivity contribution in [1.29, 1.82) is 0 Å². The van der Waals surface area contributed by atoms with Gasteiger partial charge in [0.15, 0.2) is 5.78 Å². The van der Waals surface area contributed by atoms with Gasteiger partial charge >= 0.3 is 11.9 Å². The van der Waals surface area contributed by atoms with Crippen LogP contribution in [-0.4, -0.2) is 36.7 Å². The molecule has 1 aliphatic rings. The van der Waals surface area contributed by atoms with Crippen LogP contribution in [0.4, 0.5) is 0 Å². The molecule has 0 unspecified atom stereocenters. The van der Waals surface area contributed by atoms with Gasteiger partial charge in [-0.05, 0) is 30.3 Å². The Kier molecular flexibility index (Phi) is 6.18. The van der Waals surface area contributed by atoms with Crippen molar-refractivity contribution in [3.05, 3.63) is 102 Å². The van der Waals surface area contributed by atoms with Crippen molar-refractivity contribution >= 4 is 29.5 Å². The highest BCUT2D eigenvalue weighted by Crippen LogP contribution is 2.40. The summed E-state index contributed by atoms with van der Waals surface area (Å²) < 4.78 is 11.1. The fourth-order valence-corrected chi connectivity index (χ4v) is 4.55. The lowest BCUT2D eigenvalue weighted by Crippen LogP contribution is -2.46. The van der Waals surface area contributed by atoms with Crippen LogP contribution in [0.5, 0.6) is 0 Å². The lowest BCUT2D eigenvalue weighted by atomic mass is 9.83. The van der Waals surface area contributed by atoms with E-state index < -0.39 is 17.4 Å². The molecular weight excluding hydrogens is 412 g/mol. The van der Waals surface area contributed by atoms with E-state index in [1.807, 2.05) is 12.1 Å². The van der Waals surface area contributed by atoms with Crippen molar-refractivity contribution in [2.24, 2.45) is 5.41 Å². The van der Waals surface area contributed by atoms with E-state index in [1.54, 1.807) is 72.8 Å². The first-order valence-electron chi connectivity index (χ1n) is 9.80. The summed E-state index contributed by atoms with van der Waals surface area (Å²) >= 11 is 1.49. The van der Waals surface area contributed by atoms with E-state index in [0.29, 0.717) is 22.4 Å². The Morgan fingerprint density at radius 1 is 0.742 bits per heavy atom. The molecule has 0 radical (unpaired) electrons. The fraction of sp³-hybridized carbons (Fsp3) is 0.160. The molecule has 0 bridgehead atoms. The summed E-state index contributed by atoms with van der Waals surface area (Å²) in [6, 6.07) is 24.5. The Bertz CT molecular complexity index is 1040. The minimum absolute atomic E-state index is 0.178. The van der Waals surface area contributed by atoms with Gasteiger partial charge in [-0.2, -0.15) is 0 Å². The van der Waals surface area contributed by atoms with Gasteiger partial charge in [-0.3, -0.25) is 4.79 Å². The topological polar surface area (TPSA) is 69.7 Å². The largest absolute Gasteiger partial charge is 0.461 e. The van der Waals surface area contributed by atoms with Crippen LogP contribution in [0.3, 0.4) is 0 Å². The lowest BCUT2D eigenvalue weighted by molar-refractivity contribution is 0.00604. The molecule has 0 aliphatic carbocycles. The van der Waals surface area contributed by atoms with E-state index in [1.165, 1.54) is 11.8 Å². The average Bonchev–Trinajstić information content (AvgIpc) is 2.84. The molecule has 0 atom stereocenters. The first-order valence-corrected chi connectivity index (χ1v) is 10.8. The van der Waals surface area contributed by atoms with E-state index in [2.05, 4.69) is 0 Å². The Balaban J connectivity index is 1.56. The smallest absolute Gasteiger partial charge is 0.338 e. The normalized spacial score (nSPS) is 14.4. The summed E-state index contributed by atoms with van der Waals surface area (Å²) in [7, 11) is 0. The van der Waals surface area contributed by atoms with Crippen LogP contribution in [0.15, 0.2) is 89.8 Å². The number of carbonyl (C=O) groups is 3. The van der Waals surface area contributed by atoms with E-state index in [9.17, 15) is 14.4 Å². The van der Waals surface area contributed by atoms with Crippen LogP contribution in [0, 0.1) is 5.41 Å². The fourth-order valence-electron chi connectivity index (χ4n) is 3.33. The molecule has 3 aromatic carbocycles. The summed E-state index contributed by atoms with van der Waals surface area (Å²) in [5.74, 6) is -0.895. The van der Waals surface area contributed by atoms with Crippen LogP contribution in [0.25, 0.3) is 0 Å². The van der Waals surface area contributed by atoms with Crippen LogP contribution in [0.2, 0.25) is 0 Å². The number of hydrogen-bond acceptors (Lipinski definition) is 6. The molecular formula is C25H20O5S. The number of ketones is 1. The monoisotopic (exact) mass is 432 g/mol. The second-order valence-corrected chi connectivity index (χ2v) is 8.30. The molecule has 0 spiro atoms. The number of fused-ring (bicyclic) bond motifs is 1. The first kappa shape index (κ1) is 20.9. The Morgan fingerprint density at radius 3 is 1.77 bits per heavy atom. The number of carbonyl (C=O) groups excluding carboxylic acids is 3. The zero-order valence-corrected chi connectivity index (χ0v) is 17.5. The summed E-state index contributed by atoms with van der Waals surface area (Å²) in [5.41, 5.74) is 0.184. The second kappa shape index (κ2) is 9.18. The number of thioether (sulfide) groups is 1. The Labute approximate surface area is 184 Å². The molecule has 0 saturated heterocycles. The van der Waals surface area contributed by atoms with E-state index >= 15 is 0 Å². The Morgan fingerprint density at radius 2 is 1.23 bits per heavy atom. The molecule has 1 heterocycles. The molecule has 31 heavy (non-hydrogen) atoms. The van der Waals surface area contributed by atoms with Gasteiger partial charge in [0.25, 0.3) is 0 Å². The molecule has 0 fully saturated rings. The van der Waals surface area contributed by atoms with E-state index in [4.69, 9.17) is 9.47 Å². The summed E-state index contributed by atoms with van der Waals surface area (Å²) in [5, 5.41) is 0. The molecule has 0 aromatic heterocycles. The number of esters is 2. The first-order chi connectivity index (χ1) is 15.1. The van der Waals surface area contributed by atoms with Crippen molar-refractivity contribution in [2.75, 3.05) is 19.0 Å². The number of benzene rings is 3. The molecule has 0 saturated carbocycles. The van der Waals surface area contributed by atoms with Gasteiger partial charge in [-0.25, -0.2) is 9.59 Å². The standard InChI is InChI=1S/C25H20O5S/c26-22-20-13-7-8-14-21(20)31-17-25(22,15-29-23(27)18-9-3-1-4-10-18)16-30-24(28)19-11-5-2-6-12-19/h1-14H,15-17H2. The predicted molar refractivity (Wildman–Crippen MR) is 117 cm³/mol. The molecule has 0 amide bonds. The highest BCUT2D eigenvalue weighted by molar-refractivity contribution is 7.99. The molecule has 6 heteroatoms. The average molecular weight is 432 g/mol.